The molecule has 0 spiro atoms. The molecule has 5 nitrogen and oxygen atoms in total. The van der Waals surface area contributed by atoms with Crippen LogP contribution in [0.3, 0.4) is 0 Å². The van der Waals surface area contributed by atoms with Crippen LogP contribution in [0.15, 0.2) is 24.3 Å². The van der Waals surface area contributed by atoms with Gasteiger partial charge in [0, 0.05) is 37.4 Å². The van der Waals surface area contributed by atoms with Gasteiger partial charge >= 0.3 is 6.03 Å². The molecule has 0 unspecified atom stereocenters. The first-order chi connectivity index (χ1) is 10.4. The van der Waals surface area contributed by atoms with E-state index in [-0.39, 0.29) is 11.6 Å². The van der Waals surface area contributed by atoms with E-state index in [1.807, 2.05) is 44.7 Å². The van der Waals surface area contributed by atoms with Crippen LogP contribution in [0.1, 0.15) is 27.7 Å². The highest BCUT2D eigenvalue weighted by molar-refractivity contribution is 5.75. The Morgan fingerprint density at radius 3 is 2.23 bits per heavy atom. The van der Waals surface area contributed by atoms with E-state index in [1.165, 1.54) is 5.69 Å². The molecular weight excluding hydrogens is 278 g/mol. The number of nitrogens with one attached hydrogen (secondary N) is 1. The number of ether oxygens (including phenoxy) is 1. The van der Waals surface area contributed by atoms with E-state index in [4.69, 9.17) is 4.74 Å². The molecule has 1 saturated heterocycles. The summed E-state index contributed by atoms with van der Waals surface area (Å²) in [5.74, 6) is 0.898. The number of carbonyl (C=O) groups is 1. The van der Waals surface area contributed by atoms with E-state index in [2.05, 4.69) is 22.3 Å². The Balaban J connectivity index is 1.87. The third-order valence-corrected chi connectivity index (χ3v) is 3.56. The van der Waals surface area contributed by atoms with Gasteiger partial charge < -0.3 is 19.9 Å². The average molecular weight is 305 g/mol. The number of benzene rings is 1. The SMILES string of the molecule is CCOc1ccc(N2CCN(C(=O)NC(C)(C)C)CC2)cc1. The highest BCUT2D eigenvalue weighted by atomic mass is 16.5. The first-order valence-corrected chi connectivity index (χ1v) is 7.94. The van der Waals surface area contributed by atoms with Crippen molar-refractivity contribution >= 4 is 11.7 Å². The van der Waals surface area contributed by atoms with Crippen molar-refractivity contribution in [1.29, 1.82) is 0 Å². The smallest absolute Gasteiger partial charge is 0.317 e. The number of urea groups is 1. The summed E-state index contributed by atoms with van der Waals surface area (Å²) in [6, 6.07) is 8.18. The lowest BCUT2D eigenvalue weighted by Crippen LogP contribution is -2.55. The van der Waals surface area contributed by atoms with E-state index in [1.54, 1.807) is 0 Å². The summed E-state index contributed by atoms with van der Waals surface area (Å²) in [5, 5.41) is 3.02. The maximum atomic E-state index is 12.2. The quantitative estimate of drug-likeness (QED) is 0.934. The van der Waals surface area contributed by atoms with Gasteiger partial charge in [0.1, 0.15) is 5.75 Å². The molecule has 1 aromatic carbocycles. The molecule has 0 aliphatic carbocycles. The Kier molecular flexibility index (Phi) is 5.16. The lowest BCUT2D eigenvalue weighted by Gasteiger charge is -2.37. The molecule has 122 valence electrons. The van der Waals surface area contributed by atoms with Crippen molar-refractivity contribution in [3.63, 3.8) is 0 Å². The van der Waals surface area contributed by atoms with E-state index < -0.39 is 0 Å². The molecule has 0 aromatic heterocycles. The molecular formula is C17H27N3O2. The molecule has 2 amide bonds. The van der Waals surface area contributed by atoms with E-state index in [9.17, 15) is 4.79 Å². The van der Waals surface area contributed by atoms with Gasteiger partial charge in [0.2, 0.25) is 0 Å². The van der Waals surface area contributed by atoms with Crippen LogP contribution in [0.5, 0.6) is 5.75 Å². The van der Waals surface area contributed by atoms with Gasteiger partial charge in [-0.15, -0.1) is 0 Å². The number of amides is 2. The number of nitrogens with zero attached hydrogens (tertiary/aromatic N) is 2. The second-order valence-corrected chi connectivity index (χ2v) is 6.58. The van der Waals surface area contributed by atoms with E-state index in [0.717, 1.165) is 31.9 Å². The minimum atomic E-state index is -0.191. The van der Waals surface area contributed by atoms with Crippen LogP contribution in [0.4, 0.5) is 10.5 Å². The fourth-order valence-corrected chi connectivity index (χ4v) is 2.49. The van der Waals surface area contributed by atoms with E-state index >= 15 is 0 Å². The van der Waals surface area contributed by atoms with Crippen molar-refractivity contribution in [3.8, 4) is 5.75 Å². The maximum absolute atomic E-state index is 12.2. The van der Waals surface area contributed by atoms with Crippen LogP contribution in [0.2, 0.25) is 0 Å². The highest BCUT2D eigenvalue weighted by Crippen LogP contribution is 2.20. The molecule has 0 bridgehead atoms. The van der Waals surface area contributed by atoms with E-state index in [0.29, 0.717) is 6.61 Å². The molecule has 1 N–H and O–H groups in total. The summed E-state index contributed by atoms with van der Waals surface area (Å²) in [4.78, 5) is 16.3. The second-order valence-electron chi connectivity index (χ2n) is 6.58. The zero-order chi connectivity index (χ0) is 16.2. The summed E-state index contributed by atoms with van der Waals surface area (Å²) < 4.78 is 5.46. The predicted molar refractivity (Wildman–Crippen MR) is 89.7 cm³/mol. The molecule has 1 heterocycles. The molecule has 0 saturated carbocycles. The summed E-state index contributed by atoms with van der Waals surface area (Å²) in [6.45, 7) is 11.9. The van der Waals surface area contributed by atoms with Crippen molar-refractivity contribution in [3.05, 3.63) is 24.3 Å². The first kappa shape index (κ1) is 16.5. The molecule has 1 fully saturated rings. The van der Waals surface area contributed by atoms with Gasteiger partial charge in [0.05, 0.1) is 6.61 Å². The van der Waals surface area contributed by atoms with Crippen molar-refractivity contribution in [2.45, 2.75) is 33.2 Å². The summed E-state index contributed by atoms with van der Waals surface area (Å²) >= 11 is 0. The Labute approximate surface area is 133 Å². The summed E-state index contributed by atoms with van der Waals surface area (Å²) in [6.07, 6.45) is 0. The second kappa shape index (κ2) is 6.90. The topological polar surface area (TPSA) is 44.8 Å². The van der Waals surface area contributed by atoms with Crippen LogP contribution in [0, 0.1) is 0 Å². The van der Waals surface area contributed by atoms with Gasteiger partial charge in [-0.2, -0.15) is 0 Å². The van der Waals surface area contributed by atoms with Crippen molar-refractivity contribution in [2.24, 2.45) is 0 Å². The Bertz CT molecular complexity index is 486. The monoisotopic (exact) mass is 305 g/mol. The molecule has 1 aromatic rings. The number of hydrogen-bond donors (Lipinski definition) is 1. The largest absolute Gasteiger partial charge is 0.494 e. The molecule has 2 rings (SSSR count). The van der Waals surface area contributed by atoms with Crippen LogP contribution in [-0.4, -0.2) is 49.3 Å². The zero-order valence-electron chi connectivity index (χ0n) is 14.1. The number of rotatable bonds is 3. The summed E-state index contributed by atoms with van der Waals surface area (Å²) in [5.41, 5.74) is 0.989. The van der Waals surface area contributed by atoms with Gasteiger partial charge in [-0.25, -0.2) is 4.79 Å². The van der Waals surface area contributed by atoms with Crippen LogP contribution in [0.25, 0.3) is 0 Å². The van der Waals surface area contributed by atoms with Gasteiger partial charge in [0.15, 0.2) is 0 Å². The first-order valence-electron chi connectivity index (χ1n) is 7.94. The number of piperazine rings is 1. The van der Waals surface area contributed by atoms with Crippen LogP contribution >= 0.6 is 0 Å². The van der Waals surface area contributed by atoms with Gasteiger partial charge in [-0.1, -0.05) is 0 Å². The third kappa shape index (κ3) is 4.55. The van der Waals surface area contributed by atoms with Gasteiger partial charge in [-0.05, 0) is 52.0 Å². The van der Waals surface area contributed by atoms with Crippen molar-refractivity contribution in [2.75, 3.05) is 37.7 Å². The van der Waals surface area contributed by atoms with Gasteiger partial charge in [0.25, 0.3) is 0 Å². The number of hydrogen-bond acceptors (Lipinski definition) is 3. The predicted octanol–water partition coefficient (Wildman–Crippen LogP) is 2.72. The fourth-order valence-electron chi connectivity index (χ4n) is 2.49. The molecule has 5 heteroatoms. The van der Waals surface area contributed by atoms with Crippen molar-refractivity contribution < 1.29 is 9.53 Å². The zero-order valence-corrected chi connectivity index (χ0v) is 14.1. The standard InChI is InChI=1S/C17H27N3O2/c1-5-22-15-8-6-14(7-9-15)19-10-12-20(13-11-19)16(21)18-17(2,3)4/h6-9H,5,10-13H2,1-4H3,(H,18,21). The van der Waals surface area contributed by atoms with Crippen LogP contribution < -0.4 is 15.0 Å². The number of anilines is 1. The molecule has 1 aliphatic rings. The Morgan fingerprint density at radius 1 is 1.14 bits per heavy atom. The highest BCUT2D eigenvalue weighted by Gasteiger charge is 2.24. The maximum Gasteiger partial charge on any atom is 0.317 e. The minimum Gasteiger partial charge on any atom is -0.494 e. The van der Waals surface area contributed by atoms with Crippen LogP contribution in [-0.2, 0) is 0 Å². The molecule has 0 atom stereocenters. The lowest BCUT2D eigenvalue weighted by molar-refractivity contribution is 0.185. The van der Waals surface area contributed by atoms with Crippen molar-refractivity contribution in [1.82, 2.24) is 10.2 Å². The number of carbonyl (C=O) groups excluding carboxylic acids is 1. The lowest BCUT2D eigenvalue weighted by atomic mass is 10.1. The minimum absolute atomic E-state index is 0.0267. The normalized spacial score (nSPS) is 15.6. The Hall–Kier alpha value is -1.91. The third-order valence-electron chi connectivity index (χ3n) is 3.56. The molecule has 1 aliphatic heterocycles. The summed E-state index contributed by atoms with van der Waals surface area (Å²) in [7, 11) is 0. The van der Waals surface area contributed by atoms with Gasteiger partial charge in [-0.3, -0.25) is 0 Å². The Morgan fingerprint density at radius 2 is 1.73 bits per heavy atom. The average Bonchev–Trinajstić information content (AvgIpc) is 2.47. The molecule has 0 radical (unpaired) electrons. The fraction of sp³-hybridized carbons (Fsp3) is 0.588. The molecule has 22 heavy (non-hydrogen) atoms.